The normalized spacial score (nSPS) is 12.0. The van der Waals surface area contributed by atoms with Crippen LogP contribution in [0.3, 0.4) is 0 Å². The summed E-state index contributed by atoms with van der Waals surface area (Å²) in [6.07, 6.45) is 3.29. The summed E-state index contributed by atoms with van der Waals surface area (Å²) in [5.41, 5.74) is 6.66. The molecule has 22 heavy (non-hydrogen) atoms. The summed E-state index contributed by atoms with van der Waals surface area (Å²) < 4.78 is 0. The Labute approximate surface area is 127 Å². The summed E-state index contributed by atoms with van der Waals surface area (Å²) in [6.45, 7) is 0. The molecule has 1 heterocycles. The number of amides is 2. The number of pyridine rings is 1. The molecule has 0 bridgehead atoms. The van der Waals surface area contributed by atoms with E-state index in [1.165, 1.54) is 0 Å². The Bertz CT molecular complexity index is 819. The van der Waals surface area contributed by atoms with Gasteiger partial charge in [-0.25, -0.2) is 4.79 Å². The quantitative estimate of drug-likeness (QED) is 0.693. The van der Waals surface area contributed by atoms with Gasteiger partial charge in [0.2, 0.25) is 0 Å². The first-order chi connectivity index (χ1) is 10.7. The van der Waals surface area contributed by atoms with Crippen LogP contribution in [0.5, 0.6) is 5.75 Å². The lowest BCUT2D eigenvalue weighted by atomic mass is 9.93. The van der Waals surface area contributed by atoms with Crippen molar-refractivity contribution >= 4 is 16.8 Å². The number of nitrogens with two attached hydrogens (primary N) is 1. The predicted molar refractivity (Wildman–Crippen MR) is 84.4 cm³/mol. The number of hydrogen-bond donors (Lipinski definition) is 3. The Balaban J connectivity index is 2.24. The summed E-state index contributed by atoms with van der Waals surface area (Å²) in [5.74, 6) is 0.0984. The van der Waals surface area contributed by atoms with Crippen LogP contribution >= 0.6 is 0 Å². The maximum atomic E-state index is 11.4. The van der Waals surface area contributed by atoms with Crippen molar-refractivity contribution in [2.24, 2.45) is 5.73 Å². The number of carbonyl (C=O) groups excluding carboxylic acids is 1. The van der Waals surface area contributed by atoms with E-state index in [1.807, 2.05) is 36.4 Å². The van der Waals surface area contributed by atoms with Gasteiger partial charge in [0.1, 0.15) is 5.75 Å². The molecule has 5 heteroatoms. The second kappa shape index (κ2) is 5.73. The van der Waals surface area contributed by atoms with E-state index in [2.05, 4.69) is 10.3 Å². The van der Waals surface area contributed by atoms with Crippen LogP contribution in [0.4, 0.5) is 4.79 Å². The monoisotopic (exact) mass is 293 g/mol. The van der Waals surface area contributed by atoms with Gasteiger partial charge in [-0.2, -0.15) is 0 Å². The van der Waals surface area contributed by atoms with Gasteiger partial charge in [-0.3, -0.25) is 4.98 Å². The molecule has 0 aliphatic heterocycles. The van der Waals surface area contributed by atoms with Gasteiger partial charge >= 0.3 is 6.03 Å². The molecule has 0 aliphatic carbocycles. The highest BCUT2D eigenvalue weighted by Crippen LogP contribution is 2.35. The molecular formula is C17H15N3O2. The number of benzene rings is 2. The summed E-state index contributed by atoms with van der Waals surface area (Å²) in [4.78, 5) is 15.5. The number of phenols is 1. The number of hydrogen-bond acceptors (Lipinski definition) is 3. The van der Waals surface area contributed by atoms with Gasteiger partial charge < -0.3 is 16.2 Å². The summed E-state index contributed by atoms with van der Waals surface area (Å²) in [5, 5.41) is 14.8. The van der Waals surface area contributed by atoms with E-state index < -0.39 is 12.1 Å². The highest BCUT2D eigenvalue weighted by molar-refractivity contribution is 5.89. The number of carbonyl (C=O) groups is 1. The molecule has 0 radical (unpaired) electrons. The Morgan fingerprint density at radius 1 is 1.14 bits per heavy atom. The Kier molecular flexibility index (Phi) is 3.62. The molecule has 3 aromatic rings. The van der Waals surface area contributed by atoms with Gasteiger partial charge in [0, 0.05) is 18.0 Å². The number of primary amides is 1. The van der Waals surface area contributed by atoms with Crippen LogP contribution in [0.1, 0.15) is 17.2 Å². The highest BCUT2D eigenvalue weighted by atomic mass is 16.3. The molecule has 2 amide bonds. The molecule has 110 valence electrons. The van der Waals surface area contributed by atoms with Crippen molar-refractivity contribution in [1.29, 1.82) is 0 Å². The average Bonchev–Trinajstić information content (AvgIpc) is 2.54. The number of urea groups is 1. The molecule has 0 spiro atoms. The Hall–Kier alpha value is -3.08. The zero-order chi connectivity index (χ0) is 15.5. The molecule has 1 atom stereocenters. The van der Waals surface area contributed by atoms with E-state index in [4.69, 9.17) is 5.73 Å². The van der Waals surface area contributed by atoms with E-state index in [1.54, 1.807) is 24.5 Å². The second-order valence-electron chi connectivity index (χ2n) is 4.95. The molecule has 0 aliphatic rings. The third-order valence-electron chi connectivity index (χ3n) is 3.54. The number of phenolic OH excluding ortho intramolecular Hbond substituents is 1. The van der Waals surface area contributed by atoms with Gasteiger partial charge in [0.05, 0.1) is 6.04 Å². The highest BCUT2D eigenvalue weighted by Gasteiger charge is 2.21. The molecular weight excluding hydrogens is 278 g/mol. The number of nitrogens with one attached hydrogen (secondary N) is 1. The van der Waals surface area contributed by atoms with Crippen LogP contribution in [-0.4, -0.2) is 16.1 Å². The molecule has 0 saturated carbocycles. The number of aromatic hydroxyl groups is 1. The second-order valence-corrected chi connectivity index (χ2v) is 4.95. The maximum Gasteiger partial charge on any atom is 0.312 e. The smallest absolute Gasteiger partial charge is 0.312 e. The molecule has 4 N–H and O–H groups in total. The molecule has 5 nitrogen and oxygen atoms in total. The Morgan fingerprint density at radius 2 is 1.95 bits per heavy atom. The zero-order valence-corrected chi connectivity index (χ0v) is 11.7. The fraction of sp³-hybridized carbons (Fsp3) is 0.0588. The molecule has 2 aromatic carbocycles. The number of nitrogens with zero attached hydrogens (tertiary/aromatic N) is 1. The lowest BCUT2D eigenvalue weighted by Crippen LogP contribution is -2.34. The van der Waals surface area contributed by atoms with Gasteiger partial charge in [-0.15, -0.1) is 0 Å². The van der Waals surface area contributed by atoms with Crippen molar-refractivity contribution in [1.82, 2.24) is 10.3 Å². The minimum Gasteiger partial charge on any atom is -0.508 e. The number of aromatic nitrogens is 1. The number of fused-ring (bicyclic) bond motifs is 1. The van der Waals surface area contributed by atoms with E-state index in [0.717, 1.165) is 16.3 Å². The predicted octanol–water partition coefficient (Wildman–Crippen LogP) is 2.70. The van der Waals surface area contributed by atoms with Crippen LogP contribution in [0.2, 0.25) is 0 Å². The first-order valence-electron chi connectivity index (χ1n) is 6.83. The first-order valence-corrected chi connectivity index (χ1v) is 6.83. The maximum absolute atomic E-state index is 11.4. The summed E-state index contributed by atoms with van der Waals surface area (Å²) in [7, 11) is 0. The van der Waals surface area contributed by atoms with Crippen molar-refractivity contribution < 1.29 is 9.90 Å². The van der Waals surface area contributed by atoms with Crippen molar-refractivity contribution in [3.05, 3.63) is 72.1 Å². The van der Waals surface area contributed by atoms with Gasteiger partial charge in [-0.1, -0.05) is 36.4 Å². The third-order valence-corrected chi connectivity index (χ3v) is 3.54. The van der Waals surface area contributed by atoms with Crippen LogP contribution in [0, 0.1) is 0 Å². The van der Waals surface area contributed by atoms with Gasteiger partial charge in [0.15, 0.2) is 0 Å². The molecule has 1 aromatic heterocycles. The summed E-state index contributed by atoms with van der Waals surface area (Å²) >= 11 is 0. The van der Waals surface area contributed by atoms with Crippen LogP contribution in [0.25, 0.3) is 10.8 Å². The van der Waals surface area contributed by atoms with Crippen molar-refractivity contribution in [2.45, 2.75) is 6.04 Å². The van der Waals surface area contributed by atoms with E-state index in [9.17, 15) is 9.90 Å². The lowest BCUT2D eigenvalue weighted by Gasteiger charge is -2.21. The van der Waals surface area contributed by atoms with Crippen LogP contribution in [0.15, 0.2) is 60.9 Å². The first kappa shape index (κ1) is 13.9. The average molecular weight is 293 g/mol. The lowest BCUT2D eigenvalue weighted by molar-refractivity contribution is 0.247. The standard InChI is InChI=1S/C17H15N3O2/c18-17(22)20-16(12-5-3-9-19-10-12)15-13-6-2-1-4-11(13)7-8-14(15)21/h1-10,16,21H,(H3,18,20,22). The van der Waals surface area contributed by atoms with E-state index in [-0.39, 0.29) is 5.75 Å². The fourth-order valence-electron chi connectivity index (χ4n) is 2.60. The van der Waals surface area contributed by atoms with E-state index >= 15 is 0 Å². The number of rotatable bonds is 3. The minimum absolute atomic E-state index is 0.0984. The minimum atomic E-state index is -0.666. The summed E-state index contributed by atoms with van der Waals surface area (Å²) in [6, 6.07) is 13.5. The molecule has 3 rings (SSSR count). The van der Waals surface area contributed by atoms with Crippen LogP contribution in [-0.2, 0) is 0 Å². The fourth-order valence-corrected chi connectivity index (χ4v) is 2.60. The molecule has 0 saturated heterocycles. The largest absolute Gasteiger partial charge is 0.508 e. The molecule has 1 unspecified atom stereocenters. The van der Waals surface area contributed by atoms with Crippen molar-refractivity contribution in [3.63, 3.8) is 0 Å². The SMILES string of the molecule is NC(=O)NC(c1cccnc1)c1c(O)ccc2ccccc12. The zero-order valence-electron chi connectivity index (χ0n) is 11.7. The topological polar surface area (TPSA) is 88.2 Å². The van der Waals surface area contributed by atoms with Crippen molar-refractivity contribution in [3.8, 4) is 5.75 Å². The Morgan fingerprint density at radius 3 is 2.68 bits per heavy atom. The van der Waals surface area contributed by atoms with E-state index in [0.29, 0.717) is 5.56 Å². The third kappa shape index (κ3) is 2.56. The van der Waals surface area contributed by atoms with Gasteiger partial charge in [0.25, 0.3) is 0 Å². The molecule has 0 fully saturated rings. The van der Waals surface area contributed by atoms with Crippen molar-refractivity contribution in [2.75, 3.05) is 0 Å². The van der Waals surface area contributed by atoms with Crippen LogP contribution < -0.4 is 11.1 Å². The van der Waals surface area contributed by atoms with Gasteiger partial charge in [-0.05, 0) is 28.5 Å².